The standard InChI is InChI=1S/C8H19N3O/c1-3-5-6-10-7(4-2)8(9)11-12/h7,10,12H,3-6H2,1-2H3,(H2,9,11). The van der Waals surface area contributed by atoms with Gasteiger partial charge in [-0.1, -0.05) is 25.4 Å². The third kappa shape index (κ3) is 4.18. The molecular formula is C8H19N3O. The second kappa shape index (κ2) is 6.91. The molecule has 0 bridgehead atoms. The third-order valence-electron chi connectivity index (χ3n) is 1.80. The maximum absolute atomic E-state index is 8.42. The molecule has 4 heteroatoms. The van der Waals surface area contributed by atoms with E-state index in [1.807, 2.05) is 6.92 Å². The first-order valence-electron chi connectivity index (χ1n) is 4.47. The van der Waals surface area contributed by atoms with Crippen LogP contribution in [0.25, 0.3) is 0 Å². The summed E-state index contributed by atoms with van der Waals surface area (Å²) in [6.45, 7) is 5.05. The van der Waals surface area contributed by atoms with Crippen molar-refractivity contribution in [3.8, 4) is 0 Å². The molecular weight excluding hydrogens is 154 g/mol. The van der Waals surface area contributed by atoms with Crippen LogP contribution in [0.2, 0.25) is 0 Å². The van der Waals surface area contributed by atoms with E-state index in [1.54, 1.807) is 0 Å². The molecule has 0 saturated heterocycles. The molecule has 72 valence electrons. The molecule has 0 aromatic rings. The van der Waals surface area contributed by atoms with Crippen LogP contribution in [0, 0.1) is 0 Å². The fourth-order valence-electron chi connectivity index (χ4n) is 0.981. The number of nitrogens with one attached hydrogen (secondary N) is 1. The zero-order chi connectivity index (χ0) is 9.40. The van der Waals surface area contributed by atoms with Crippen LogP contribution in [0.15, 0.2) is 5.16 Å². The van der Waals surface area contributed by atoms with Gasteiger partial charge in [-0.2, -0.15) is 0 Å². The third-order valence-corrected chi connectivity index (χ3v) is 1.80. The molecule has 0 aliphatic heterocycles. The first-order valence-corrected chi connectivity index (χ1v) is 4.47. The lowest BCUT2D eigenvalue weighted by molar-refractivity contribution is 0.314. The lowest BCUT2D eigenvalue weighted by Crippen LogP contribution is -2.41. The highest BCUT2D eigenvalue weighted by Crippen LogP contribution is 1.92. The fourth-order valence-corrected chi connectivity index (χ4v) is 0.981. The average Bonchev–Trinajstić information content (AvgIpc) is 2.11. The second-order valence-corrected chi connectivity index (χ2v) is 2.79. The maximum Gasteiger partial charge on any atom is 0.156 e. The number of hydrogen-bond acceptors (Lipinski definition) is 3. The van der Waals surface area contributed by atoms with Crippen LogP contribution in [0.4, 0.5) is 0 Å². The van der Waals surface area contributed by atoms with E-state index < -0.39 is 0 Å². The van der Waals surface area contributed by atoms with Gasteiger partial charge < -0.3 is 16.3 Å². The number of amidine groups is 1. The van der Waals surface area contributed by atoms with Gasteiger partial charge in [0.05, 0.1) is 6.04 Å². The van der Waals surface area contributed by atoms with E-state index in [0.717, 1.165) is 25.8 Å². The molecule has 0 aromatic carbocycles. The van der Waals surface area contributed by atoms with Crippen LogP contribution in [0.1, 0.15) is 33.1 Å². The van der Waals surface area contributed by atoms with Crippen LogP contribution < -0.4 is 11.1 Å². The average molecular weight is 173 g/mol. The van der Waals surface area contributed by atoms with Crippen LogP contribution in [0.3, 0.4) is 0 Å². The van der Waals surface area contributed by atoms with Gasteiger partial charge in [0.2, 0.25) is 0 Å². The van der Waals surface area contributed by atoms with E-state index >= 15 is 0 Å². The van der Waals surface area contributed by atoms with Gasteiger partial charge in [-0.15, -0.1) is 0 Å². The van der Waals surface area contributed by atoms with Gasteiger partial charge in [0.15, 0.2) is 5.84 Å². The SMILES string of the molecule is CCCCNC(CC)C(N)=NO. The van der Waals surface area contributed by atoms with Gasteiger partial charge in [-0.05, 0) is 19.4 Å². The summed E-state index contributed by atoms with van der Waals surface area (Å²) in [6.07, 6.45) is 3.12. The molecule has 0 aromatic heterocycles. The van der Waals surface area contributed by atoms with Crippen molar-refractivity contribution in [2.24, 2.45) is 10.9 Å². The Morgan fingerprint density at radius 3 is 2.67 bits per heavy atom. The van der Waals surface area contributed by atoms with Gasteiger partial charge in [0, 0.05) is 0 Å². The maximum atomic E-state index is 8.42. The zero-order valence-corrected chi connectivity index (χ0v) is 7.88. The van der Waals surface area contributed by atoms with Crippen molar-refractivity contribution in [2.45, 2.75) is 39.2 Å². The van der Waals surface area contributed by atoms with Crippen LogP contribution in [0.5, 0.6) is 0 Å². The van der Waals surface area contributed by atoms with E-state index in [1.165, 1.54) is 0 Å². The monoisotopic (exact) mass is 173 g/mol. The van der Waals surface area contributed by atoms with Crippen molar-refractivity contribution in [3.63, 3.8) is 0 Å². The molecule has 0 aliphatic carbocycles. The molecule has 0 radical (unpaired) electrons. The molecule has 1 unspecified atom stereocenters. The van der Waals surface area contributed by atoms with Gasteiger partial charge in [-0.3, -0.25) is 0 Å². The normalized spacial score (nSPS) is 14.7. The van der Waals surface area contributed by atoms with Crippen LogP contribution >= 0.6 is 0 Å². The number of oxime groups is 1. The summed E-state index contributed by atoms with van der Waals surface area (Å²) in [6, 6.07) is 0.0153. The predicted octanol–water partition coefficient (Wildman–Crippen LogP) is 0.901. The van der Waals surface area contributed by atoms with Crippen molar-refractivity contribution < 1.29 is 5.21 Å². The van der Waals surface area contributed by atoms with Crippen molar-refractivity contribution in [1.82, 2.24) is 5.32 Å². The highest BCUT2D eigenvalue weighted by atomic mass is 16.4. The number of nitrogens with two attached hydrogens (primary N) is 1. The molecule has 1 atom stereocenters. The van der Waals surface area contributed by atoms with Crippen molar-refractivity contribution in [2.75, 3.05) is 6.54 Å². The highest BCUT2D eigenvalue weighted by molar-refractivity contribution is 5.85. The fraction of sp³-hybridized carbons (Fsp3) is 0.875. The van der Waals surface area contributed by atoms with E-state index in [9.17, 15) is 0 Å². The summed E-state index contributed by atoms with van der Waals surface area (Å²) in [5.74, 6) is 0.272. The van der Waals surface area contributed by atoms with E-state index in [-0.39, 0.29) is 11.9 Å². The summed E-state index contributed by atoms with van der Waals surface area (Å²) >= 11 is 0. The Morgan fingerprint density at radius 2 is 2.25 bits per heavy atom. The molecule has 12 heavy (non-hydrogen) atoms. The molecule has 0 fully saturated rings. The Bertz CT molecular complexity index is 136. The van der Waals surface area contributed by atoms with Crippen molar-refractivity contribution in [3.05, 3.63) is 0 Å². The molecule has 0 rings (SSSR count). The molecule has 4 nitrogen and oxygen atoms in total. The Morgan fingerprint density at radius 1 is 1.58 bits per heavy atom. The van der Waals surface area contributed by atoms with Gasteiger partial charge >= 0.3 is 0 Å². The number of rotatable bonds is 6. The van der Waals surface area contributed by atoms with Gasteiger partial charge in [-0.25, -0.2) is 0 Å². The molecule has 0 aliphatic rings. The van der Waals surface area contributed by atoms with Gasteiger partial charge in [0.1, 0.15) is 0 Å². The summed E-state index contributed by atoms with van der Waals surface area (Å²) in [7, 11) is 0. The molecule has 0 heterocycles. The smallest absolute Gasteiger partial charge is 0.156 e. The second-order valence-electron chi connectivity index (χ2n) is 2.79. The molecule has 0 amide bonds. The number of hydrogen-bond donors (Lipinski definition) is 3. The predicted molar refractivity (Wildman–Crippen MR) is 50.4 cm³/mol. The number of unbranched alkanes of at least 4 members (excludes halogenated alkanes) is 1. The minimum absolute atomic E-state index is 0.0153. The lowest BCUT2D eigenvalue weighted by Gasteiger charge is -2.14. The van der Waals surface area contributed by atoms with E-state index in [4.69, 9.17) is 10.9 Å². The first-order chi connectivity index (χ1) is 5.76. The van der Waals surface area contributed by atoms with E-state index in [0.29, 0.717) is 0 Å². The minimum Gasteiger partial charge on any atom is -0.409 e. The molecule has 4 N–H and O–H groups in total. The summed E-state index contributed by atoms with van der Waals surface area (Å²) in [4.78, 5) is 0. The van der Waals surface area contributed by atoms with Crippen molar-refractivity contribution >= 4 is 5.84 Å². The van der Waals surface area contributed by atoms with Crippen molar-refractivity contribution in [1.29, 1.82) is 0 Å². The van der Waals surface area contributed by atoms with Gasteiger partial charge in [0.25, 0.3) is 0 Å². The molecule has 0 saturated carbocycles. The van der Waals surface area contributed by atoms with Crippen LogP contribution in [-0.2, 0) is 0 Å². The summed E-state index contributed by atoms with van der Waals surface area (Å²) in [5.41, 5.74) is 5.45. The topological polar surface area (TPSA) is 70.6 Å². The Labute approximate surface area is 73.8 Å². The highest BCUT2D eigenvalue weighted by Gasteiger charge is 2.09. The Hall–Kier alpha value is -0.770. The Kier molecular flexibility index (Phi) is 6.47. The Balaban J connectivity index is 3.68. The summed E-state index contributed by atoms with van der Waals surface area (Å²) in [5, 5.41) is 14.6. The largest absolute Gasteiger partial charge is 0.409 e. The lowest BCUT2D eigenvalue weighted by atomic mass is 10.2. The summed E-state index contributed by atoms with van der Waals surface area (Å²) < 4.78 is 0. The zero-order valence-electron chi connectivity index (χ0n) is 7.88. The van der Waals surface area contributed by atoms with Crippen LogP contribution in [-0.4, -0.2) is 23.6 Å². The first kappa shape index (κ1) is 11.2. The van der Waals surface area contributed by atoms with E-state index in [2.05, 4.69) is 17.4 Å². The minimum atomic E-state index is 0.0153. The molecule has 0 spiro atoms. The quantitative estimate of drug-likeness (QED) is 0.184. The number of nitrogens with zero attached hydrogens (tertiary/aromatic N) is 1.